The van der Waals surface area contributed by atoms with Crippen LogP contribution >= 0.6 is 11.6 Å². The van der Waals surface area contributed by atoms with Gasteiger partial charge < -0.3 is 9.64 Å². The summed E-state index contributed by atoms with van der Waals surface area (Å²) in [6.07, 6.45) is 0. The average Bonchev–Trinajstić information content (AvgIpc) is 2.61. The van der Waals surface area contributed by atoms with Crippen LogP contribution in [0.4, 0.5) is 11.5 Å². The summed E-state index contributed by atoms with van der Waals surface area (Å²) in [4.78, 5) is 10.6. The smallest absolute Gasteiger partial charge is 0.224 e. The van der Waals surface area contributed by atoms with E-state index in [9.17, 15) is 0 Å². The molecule has 0 saturated heterocycles. The molecule has 0 atom stereocenters. The fourth-order valence-electron chi connectivity index (χ4n) is 2.27. The highest BCUT2D eigenvalue weighted by atomic mass is 35.5. The Morgan fingerprint density at radius 3 is 2.30 bits per heavy atom. The minimum absolute atomic E-state index is 0.219. The summed E-state index contributed by atoms with van der Waals surface area (Å²) in [6, 6.07) is 19.6. The summed E-state index contributed by atoms with van der Waals surface area (Å²) < 4.78 is 5.18. The van der Waals surface area contributed by atoms with Crippen LogP contribution in [0, 0.1) is 0 Å². The SMILES string of the molecule is COc1ccc(-c2cc(N(C)c3ccccc3)nc(Cl)n2)cc1. The van der Waals surface area contributed by atoms with Crippen molar-refractivity contribution < 1.29 is 4.74 Å². The number of para-hydroxylation sites is 1. The Labute approximate surface area is 140 Å². The number of benzene rings is 2. The van der Waals surface area contributed by atoms with Crippen LogP contribution in [0.1, 0.15) is 0 Å². The van der Waals surface area contributed by atoms with Crippen molar-refractivity contribution in [1.29, 1.82) is 0 Å². The number of rotatable bonds is 4. The van der Waals surface area contributed by atoms with E-state index in [1.165, 1.54) is 0 Å². The van der Waals surface area contributed by atoms with Gasteiger partial charge in [-0.15, -0.1) is 0 Å². The van der Waals surface area contributed by atoms with E-state index in [0.29, 0.717) is 0 Å². The third-order valence-corrected chi connectivity index (χ3v) is 3.73. The number of nitrogens with zero attached hydrogens (tertiary/aromatic N) is 3. The highest BCUT2D eigenvalue weighted by Crippen LogP contribution is 2.28. The molecule has 3 rings (SSSR count). The van der Waals surface area contributed by atoms with Crippen LogP contribution in [0.25, 0.3) is 11.3 Å². The van der Waals surface area contributed by atoms with Crippen molar-refractivity contribution in [3.05, 3.63) is 65.9 Å². The highest BCUT2D eigenvalue weighted by molar-refractivity contribution is 6.28. The van der Waals surface area contributed by atoms with Crippen LogP contribution in [-0.4, -0.2) is 24.1 Å². The first-order valence-electron chi connectivity index (χ1n) is 7.15. The Hall–Kier alpha value is -2.59. The minimum Gasteiger partial charge on any atom is -0.497 e. The normalized spacial score (nSPS) is 10.4. The van der Waals surface area contributed by atoms with E-state index in [1.54, 1.807) is 7.11 Å². The molecule has 2 aromatic carbocycles. The van der Waals surface area contributed by atoms with Gasteiger partial charge in [-0.25, -0.2) is 9.97 Å². The lowest BCUT2D eigenvalue weighted by atomic mass is 10.1. The predicted octanol–water partition coefficient (Wildman–Crippen LogP) is 4.57. The van der Waals surface area contributed by atoms with Crippen LogP contribution in [0.2, 0.25) is 5.28 Å². The van der Waals surface area contributed by atoms with E-state index < -0.39 is 0 Å². The van der Waals surface area contributed by atoms with Gasteiger partial charge in [-0.3, -0.25) is 0 Å². The molecule has 0 fully saturated rings. The molecule has 116 valence electrons. The van der Waals surface area contributed by atoms with Crippen molar-refractivity contribution in [2.75, 3.05) is 19.1 Å². The zero-order valence-corrected chi connectivity index (χ0v) is 13.7. The van der Waals surface area contributed by atoms with Crippen LogP contribution in [0.15, 0.2) is 60.7 Å². The van der Waals surface area contributed by atoms with Crippen LogP contribution in [0.3, 0.4) is 0 Å². The largest absolute Gasteiger partial charge is 0.497 e. The van der Waals surface area contributed by atoms with E-state index in [0.717, 1.165) is 28.5 Å². The molecule has 0 amide bonds. The number of ether oxygens (including phenoxy) is 1. The van der Waals surface area contributed by atoms with Gasteiger partial charge in [0.15, 0.2) is 0 Å². The Balaban J connectivity index is 1.98. The van der Waals surface area contributed by atoms with Crippen molar-refractivity contribution >= 4 is 23.1 Å². The Morgan fingerprint density at radius 2 is 1.65 bits per heavy atom. The zero-order chi connectivity index (χ0) is 16.2. The first-order valence-corrected chi connectivity index (χ1v) is 7.53. The van der Waals surface area contributed by atoms with Gasteiger partial charge in [0, 0.05) is 24.4 Å². The number of hydrogen-bond donors (Lipinski definition) is 0. The quantitative estimate of drug-likeness (QED) is 0.658. The van der Waals surface area contributed by atoms with Gasteiger partial charge in [0.05, 0.1) is 12.8 Å². The lowest BCUT2D eigenvalue weighted by Crippen LogP contribution is -2.11. The summed E-state index contributed by atoms with van der Waals surface area (Å²) in [5.41, 5.74) is 2.76. The van der Waals surface area contributed by atoms with Crippen LogP contribution < -0.4 is 9.64 Å². The van der Waals surface area contributed by atoms with Gasteiger partial charge in [-0.2, -0.15) is 0 Å². The van der Waals surface area contributed by atoms with E-state index >= 15 is 0 Å². The predicted molar refractivity (Wildman–Crippen MR) is 93.5 cm³/mol. The maximum Gasteiger partial charge on any atom is 0.224 e. The summed E-state index contributed by atoms with van der Waals surface area (Å²) in [6.45, 7) is 0. The fourth-order valence-corrected chi connectivity index (χ4v) is 2.45. The van der Waals surface area contributed by atoms with Crippen molar-refractivity contribution in [3.63, 3.8) is 0 Å². The Morgan fingerprint density at radius 1 is 0.957 bits per heavy atom. The molecule has 4 nitrogen and oxygen atoms in total. The average molecular weight is 326 g/mol. The van der Waals surface area contributed by atoms with Gasteiger partial charge in [-0.05, 0) is 48.0 Å². The van der Waals surface area contributed by atoms with Gasteiger partial charge >= 0.3 is 0 Å². The fraction of sp³-hybridized carbons (Fsp3) is 0.111. The first kappa shape index (κ1) is 15.3. The third kappa shape index (κ3) is 3.43. The second-order valence-corrected chi connectivity index (χ2v) is 5.34. The summed E-state index contributed by atoms with van der Waals surface area (Å²) in [5, 5.41) is 0.219. The third-order valence-electron chi connectivity index (χ3n) is 3.56. The maximum atomic E-state index is 6.12. The molecule has 5 heteroatoms. The Kier molecular flexibility index (Phi) is 4.44. The minimum atomic E-state index is 0.219. The number of aromatic nitrogens is 2. The van der Waals surface area contributed by atoms with E-state index in [1.807, 2.05) is 72.6 Å². The van der Waals surface area contributed by atoms with E-state index in [2.05, 4.69) is 9.97 Å². The molecule has 0 unspecified atom stereocenters. The first-order chi connectivity index (χ1) is 11.2. The molecule has 0 aliphatic heterocycles. The molecule has 0 saturated carbocycles. The molecule has 0 aliphatic carbocycles. The van der Waals surface area contributed by atoms with Gasteiger partial charge in [0.1, 0.15) is 11.6 Å². The molecule has 23 heavy (non-hydrogen) atoms. The van der Waals surface area contributed by atoms with Gasteiger partial charge in [0.25, 0.3) is 0 Å². The number of anilines is 2. The summed E-state index contributed by atoms with van der Waals surface area (Å²) >= 11 is 6.12. The van der Waals surface area contributed by atoms with Crippen molar-refractivity contribution in [1.82, 2.24) is 9.97 Å². The Bertz CT molecular complexity index is 791. The standard InChI is InChI=1S/C18H16ClN3O/c1-22(14-6-4-3-5-7-14)17-12-16(20-18(19)21-17)13-8-10-15(23-2)11-9-13/h3-12H,1-2H3. The van der Waals surface area contributed by atoms with Gasteiger partial charge in [0.2, 0.25) is 5.28 Å². The second-order valence-electron chi connectivity index (χ2n) is 5.00. The topological polar surface area (TPSA) is 38.2 Å². The molecule has 0 radical (unpaired) electrons. The van der Waals surface area contributed by atoms with Crippen LogP contribution in [0.5, 0.6) is 5.75 Å². The highest BCUT2D eigenvalue weighted by Gasteiger charge is 2.10. The molecular weight excluding hydrogens is 310 g/mol. The second kappa shape index (κ2) is 6.67. The zero-order valence-electron chi connectivity index (χ0n) is 12.9. The van der Waals surface area contributed by atoms with E-state index in [-0.39, 0.29) is 5.28 Å². The number of methoxy groups -OCH3 is 1. The van der Waals surface area contributed by atoms with Crippen LogP contribution in [-0.2, 0) is 0 Å². The molecule has 0 bridgehead atoms. The van der Waals surface area contributed by atoms with Gasteiger partial charge in [-0.1, -0.05) is 18.2 Å². The van der Waals surface area contributed by atoms with E-state index in [4.69, 9.17) is 16.3 Å². The van der Waals surface area contributed by atoms with Crippen molar-refractivity contribution in [3.8, 4) is 17.0 Å². The lowest BCUT2D eigenvalue weighted by Gasteiger charge is -2.19. The molecule has 1 aromatic heterocycles. The van der Waals surface area contributed by atoms with Crippen molar-refractivity contribution in [2.45, 2.75) is 0 Å². The lowest BCUT2D eigenvalue weighted by molar-refractivity contribution is 0.415. The summed E-state index contributed by atoms with van der Waals surface area (Å²) in [5.74, 6) is 1.54. The molecule has 0 spiro atoms. The molecule has 3 aromatic rings. The molecular formula is C18H16ClN3O. The van der Waals surface area contributed by atoms with Crippen molar-refractivity contribution in [2.24, 2.45) is 0 Å². The molecule has 1 heterocycles. The number of hydrogen-bond acceptors (Lipinski definition) is 4. The maximum absolute atomic E-state index is 6.12. The molecule has 0 N–H and O–H groups in total. The monoisotopic (exact) mass is 325 g/mol. The molecule has 0 aliphatic rings. The number of halogens is 1. The summed E-state index contributed by atoms with van der Waals surface area (Å²) in [7, 11) is 3.59.